The molecule has 0 saturated heterocycles. The Hall–Kier alpha value is -2.84. The van der Waals surface area contributed by atoms with Crippen molar-refractivity contribution in [3.05, 3.63) is 59.6 Å². The van der Waals surface area contributed by atoms with Gasteiger partial charge in [0.2, 0.25) is 5.82 Å². The third-order valence-electron chi connectivity index (χ3n) is 3.34. The van der Waals surface area contributed by atoms with Crippen LogP contribution in [0.4, 0.5) is 0 Å². The molecule has 0 bridgehead atoms. The predicted octanol–water partition coefficient (Wildman–Crippen LogP) is 2.97. The normalized spacial score (nSPS) is 11.1. The average Bonchev–Trinajstić information content (AvgIpc) is 3.20. The highest BCUT2D eigenvalue weighted by Gasteiger charge is 2.11. The van der Waals surface area contributed by atoms with E-state index in [4.69, 9.17) is 4.42 Å². The highest BCUT2D eigenvalue weighted by Crippen LogP contribution is 2.18. The summed E-state index contributed by atoms with van der Waals surface area (Å²) in [7, 11) is 0. The minimum absolute atomic E-state index is 0.475. The monoisotopic (exact) mass is 321 g/mol. The van der Waals surface area contributed by atoms with Crippen LogP contribution < -0.4 is 0 Å². The first-order chi connectivity index (χ1) is 11.5. The number of aromatic nitrogens is 3. The van der Waals surface area contributed by atoms with Crippen molar-refractivity contribution in [2.45, 2.75) is 32.3 Å². The first-order valence-corrected chi connectivity index (χ1v) is 7.80. The smallest absolute Gasteiger partial charge is 0.216 e. The third-order valence-corrected chi connectivity index (χ3v) is 3.34. The molecule has 2 aromatic heterocycles. The van der Waals surface area contributed by atoms with Crippen LogP contribution in [0.2, 0.25) is 0 Å². The molecule has 0 fully saturated rings. The molecule has 0 aliphatic carbocycles. The molecule has 2 N–H and O–H groups in total. The fourth-order valence-electron chi connectivity index (χ4n) is 2.16. The van der Waals surface area contributed by atoms with Crippen LogP contribution >= 0.6 is 0 Å². The zero-order valence-electron chi connectivity index (χ0n) is 13.7. The summed E-state index contributed by atoms with van der Waals surface area (Å²) in [5.41, 5.74) is 0.208. The van der Waals surface area contributed by atoms with Gasteiger partial charge in [-0.1, -0.05) is 36.3 Å². The van der Waals surface area contributed by atoms with Gasteiger partial charge >= 0.3 is 0 Å². The molecule has 5 nitrogen and oxygen atoms in total. The predicted molar refractivity (Wildman–Crippen MR) is 91.1 cm³/mol. The summed E-state index contributed by atoms with van der Waals surface area (Å²) in [5, 5.41) is 16.8. The number of furan rings is 1. The van der Waals surface area contributed by atoms with Gasteiger partial charge in [-0.2, -0.15) is 5.10 Å². The molecule has 3 aromatic rings. The maximum Gasteiger partial charge on any atom is 0.216 e. The highest BCUT2D eigenvalue weighted by atomic mass is 16.3. The fourth-order valence-corrected chi connectivity index (χ4v) is 2.16. The summed E-state index contributed by atoms with van der Waals surface area (Å²) in [5.74, 6) is 7.86. The summed E-state index contributed by atoms with van der Waals surface area (Å²) in [6.45, 7) is 3.25. The van der Waals surface area contributed by atoms with Crippen molar-refractivity contribution < 1.29 is 9.52 Å². The number of hydrogen-bond donors (Lipinski definition) is 2. The van der Waals surface area contributed by atoms with E-state index in [1.807, 2.05) is 18.2 Å². The van der Waals surface area contributed by atoms with Crippen molar-refractivity contribution in [1.82, 2.24) is 15.2 Å². The molecule has 3 rings (SSSR count). The zero-order valence-corrected chi connectivity index (χ0v) is 13.7. The number of benzene rings is 1. The van der Waals surface area contributed by atoms with E-state index in [1.165, 1.54) is 5.56 Å². The standard InChI is InChI=1S/C19H19N3O2/c1-19(2,23)13-12-15-9-10-16(24-15)18-20-17(21-22-18)11-8-14-6-4-3-5-7-14/h3-7,9-10,23H,8,11H2,1-2H3,(H,20,21,22). The van der Waals surface area contributed by atoms with Crippen LogP contribution in [0.25, 0.3) is 11.6 Å². The van der Waals surface area contributed by atoms with Gasteiger partial charge in [-0.15, -0.1) is 0 Å². The second-order valence-electron chi connectivity index (χ2n) is 6.06. The van der Waals surface area contributed by atoms with Gasteiger partial charge < -0.3 is 9.52 Å². The van der Waals surface area contributed by atoms with Crippen LogP contribution in [0.1, 0.15) is 31.0 Å². The molecule has 122 valence electrons. The molecule has 0 atom stereocenters. The molecule has 0 amide bonds. The van der Waals surface area contributed by atoms with E-state index in [1.54, 1.807) is 26.0 Å². The number of aromatic amines is 1. The quantitative estimate of drug-likeness (QED) is 0.725. The van der Waals surface area contributed by atoms with Gasteiger partial charge in [0.15, 0.2) is 11.5 Å². The fraction of sp³-hybridized carbons (Fsp3) is 0.263. The summed E-state index contributed by atoms with van der Waals surface area (Å²) in [6, 6.07) is 13.8. The van der Waals surface area contributed by atoms with E-state index < -0.39 is 5.60 Å². The molecule has 5 heteroatoms. The van der Waals surface area contributed by atoms with E-state index in [9.17, 15) is 5.11 Å². The van der Waals surface area contributed by atoms with Crippen LogP contribution in [0, 0.1) is 11.8 Å². The SMILES string of the molecule is CC(C)(O)C#Cc1ccc(-c2n[nH]c(CCc3ccccc3)n2)o1. The molecule has 2 heterocycles. The lowest BCUT2D eigenvalue weighted by molar-refractivity contribution is 0.143. The lowest BCUT2D eigenvalue weighted by Crippen LogP contribution is -2.14. The molecule has 0 spiro atoms. The Morgan fingerprint density at radius 2 is 1.92 bits per heavy atom. The Morgan fingerprint density at radius 3 is 2.67 bits per heavy atom. The van der Waals surface area contributed by atoms with Gasteiger partial charge in [0.1, 0.15) is 11.4 Å². The minimum Gasteiger partial charge on any atom is -0.444 e. The highest BCUT2D eigenvalue weighted by molar-refractivity contribution is 5.48. The van der Waals surface area contributed by atoms with Crippen LogP contribution in [-0.4, -0.2) is 25.9 Å². The number of hydrogen-bond acceptors (Lipinski definition) is 4. The summed E-state index contributed by atoms with van der Waals surface area (Å²) < 4.78 is 5.61. The molecule has 0 saturated carbocycles. The summed E-state index contributed by atoms with van der Waals surface area (Å²) >= 11 is 0. The number of nitrogens with one attached hydrogen (secondary N) is 1. The second-order valence-corrected chi connectivity index (χ2v) is 6.06. The van der Waals surface area contributed by atoms with Gasteiger partial charge in [-0.25, -0.2) is 4.98 Å². The van der Waals surface area contributed by atoms with E-state index >= 15 is 0 Å². The molecule has 0 radical (unpaired) electrons. The molecular weight excluding hydrogens is 302 g/mol. The van der Waals surface area contributed by atoms with Gasteiger partial charge in [-0.3, -0.25) is 5.10 Å². The molecule has 24 heavy (non-hydrogen) atoms. The lowest BCUT2D eigenvalue weighted by Gasteiger charge is -2.05. The van der Waals surface area contributed by atoms with Crippen molar-refractivity contribution >= 4 is 0 Å². The Labute approximate surface area is 140 Å². The maximum atomic E-state index is 9.61. The van der Waals surface area contributed by atoms with E-state index in [-0.39, 0.29) is 0 Å². The van der Waals surface area contributed by atoms with Crippen molar-refractivity contribution in [1.29, 1.82) is 0 Å². The van der Waals surface area contributed by atoms with Crippen molar-refractivity contribution in [2.24, 2.45) is 0 Å². The van der Waals surface area contributed by atoms with Crippen molar-refractivity contribution in [3.63, 3.8) is 0 Å². The van der Waals surface area contributed by atoms with Gasteiger partial charge in [0, 0.05) is 6.42 Å². The second kappa shape index (κ2) is 6.73. The molecule has 0 unspecified atom stereocenters. The number of aryl methyl sites for hydroxylation is 2. The number of aliphatic hydroxyl groups is 1. The zero-order chi connectivity index (χ0) is 17.0. The van der Waals surface area contributed by atoms with E-state index in [0.29, 0.717) is 17.3 Å². The van der Waals surface area contributed by atoms with Crippen LogP contribution in [0.3, 0.4) is 0 Å². The number of H-pyrrole nitrogens is 1. The van der Waals surface area contributed by atoms with Gasteiger partial charge in [0.05, 0.1) is 0 Å². The maximum absolute atomic E-state index is 9.61. The lowest BCUT2D eigenvalue weighted by atomic mass is 10.1. The molecular formula is C19H19N3O2. The number of nitrogens with zero attached hydrogens (tertiary/aromatic N) is 2. The Balaban J connectivity index is 1.67. The molecule has 0 aliphatic heterocycles. The van der Waals surface area contributed by atoms with Crippen LogP contribution in [0.15, 0.2) is 46.9 Å². The molecule has 0 aliphatic rings. The van der Waals surface area contributed by atoms with E-state index in [0.717, 1.165) is 18.7 Å². The average molecular weight is 321 g/mol. The Bertz CT molecular complexity index is 861. The van der Waals surface area contributed by atoms with Crippen molar-refractivity contribution in [3.8, 4) is 23.4 Å². The van der Waals surface area contributed by atoms with E-state index in [2.05, 4.69) is 39.2 Å². The van der Waals surface area contributed by atoms with Crippen LogP contribution in [0.5, 0.6) is 0 Å². The Morgan fingerprint density at radius 1 is 1.12 bits per heavy atom. The van der Waals surface area contributed by atoms with Gasteiger partial charge in [-0.05, 0) is 43.9 Å². The van der Waals surface area contributed by atoms with Crippen molar-refractivity contribution in [2.75, 3.05) is 0 Å². The Kier molecular flexibility index (Phi) is 4.50. The minimum atomic E-state index is -1.05. The number of rotatable bonds is 4. The van der Waals surface area contributed by atoms with Gasteiger partial charge in [0.25, 0.3) is 0 Å². The third kappa shape index (κ3) is 4.34. The first-order valence-electron chi connectivity index (χ1n) is 7.80. The molecule has 1 aromatic carbocycles. The summed E-state index contributed by atoms with van der Waals surface area (Å²) in [4.78, 5) is 4.46. The topological polar surface area (TPSA) is 74.9 Å². The first kappa shape index (κ1) is 16.0. The van der Waals surface area contributed by atoms with Crippen LogP contribution in [-0.2, 0) is 12.8 Å². The largest absolute Gasteiger partial charge is 0.444 e. The summed E-state index contributed by atoms with van der Waals surface area (Å²) in [6.07, 6.45) is 1.68.